The summed E-state index contributed by atoms with van der Waals surface area (Å²) in [5, 5.41) is 3.46. The predicted octanol–water partition coefficient (Wildman–Crippen LogP) is 4.68. The van der Waals surface area contributed by atoms with E-state index >= 15 is 0 Å². The number of benzene rings is 2. The van der Waals surface area contributed by atoms with Crippen molar-refractivity contribution in [1.29, 1.82) is 0 Å². The number of carbonyl (C=O) groups is 1. The molecule has 5 nitrogen and oxygen atoms in total. The van der Waals surface area contributed by atoms with Crippen molar-refractivity contribution < 1.29 is 4.79 Å². The lowest BCUT2D eigenvalue weighted by Gasteiger charge is -2.07. The number of thiophene rings is 1. The van der Waals surface area contributed by atoms with Crippen LogP contribution in [0.2, 0.25) is 0 Å². The van der Waals surface area contributed by atoms with Crippen LogP contribution in [-0.4, -0.2) is 15.5 Å². The minimum atomic E-state index is -0.218. The van der Waals surface area contributed by atoms with Gasteiger partial charge in [0.15, 0.2) is 0 Å². The molecule has 146 valence electrons. The zero-order valence-electron chi connectivity index (χ0n) is 16.5. The minimum Gasteiger partial charge on any atom is -0.321 e. The molecule has 0 spiro atoms. The lowest BCUT2D eigenvalue weighted by atomic mass is 10.1. The van der Waals surface area contributed by atoms with Crippen molar-refractivity contribution in [2.45, 2.75) is 27.3 Å². The van der Waals surface area contributed by atoms with Crippen LogP contribution in [0.4, 0.5) is 5.69 Å². The van der Waals surface area contributed by atoms with E-state index in [1.165, 1.54) is 11.3 Å². The van der Waals surface area contributed by atoms with Crippen LogP contribution in [0.15, 0.2) is 59.7 Å². The molecule has 0 aliphatic rings. The van der Waals surface area contributed by atoms with Crippen molar-refractivity contribution in [3.8, 4) is 0 Å². The van der Waals surface area contributed by atoms with Gasteiger partial charge in [-0.1, -0.05) is 48.0 Å². The number of carbonyl (C=O) groups excluding carboxylic acids is 1. The van der Waals surface area contributed by atoms with Crippen molar-refractivity contribution in [2.75, 3.05) is 5.32 Å². The predicted molar refractivity (Wildman–Crippen MR) is 118 cm³/mol. The second-order valence-electron chi connectivity index (χ2n) is 7.17. The van der Waals surface area contributed by atoms with E-state index in [0.717, 1.165) is 22.4 Å². The van der Waals surface area contributed by atoms with Gasteiger partial charge in [0.05, 0.1) is 23.1 Å². The molecule has 0 fully saturated rings. The van der Waals surface area contributed by atoms with Gasteiger partial charge in [-0.15, -0.1) is 11.3 Å². The van der Waals surface area contributed by atoms with Gasteiger partial charge in [-0.05, 0) is 43.5 Å². The fourth-order valence-corrected chi connectivity index (χ4v) is 4.42. The average molecular weight is 404 g/mol. The van der Waals surface area contributed by atoms with Crippen molar-refractivity contribution in [3.63, 3.8) is 0 Å². The Morgan fingerprint density at radius 2 is 1.90 bits per heavy atom. The molecule has 2 aromatic carbocycles. The average Bonchev–Trinajstić information content (AvgIpc) is 3.03. The standard InChI is InChI=1S/C23H21N3O2S/c1-14-7-6-9-17(11-14)12-26-13-24-22-19(23(26)28)16(3)20(29-22)21(27)25-18-10-5-4-8-15(18)2/h4-11,13H,12H2,1-3H3,(H,25,27). The van der Waals surface area contributed by atoms with E-state index in [1.54, 1.807) is 10.9 Å². The molecule has 4 rings (SSSR count). The molecule has 0 aliphatic carbocycles. The highest BCUT2D eigenvalue weighted by Crippen LogP contribution is 2.28. The van der Waals surface area contributed by atoms with Gasteiger partial charge < -0.3 is 5.32 Å². The third-order valence-corrected chi connectivity index (χ3v) is 6.15. The maximum Gasteiger partial charge on any atom is 0.266 e. The normalized spacial score (nSPS) is 11.0. The van der Waals surface area contributed by atoms with Gasteiger partial charge in [-0.25, -0.2) is 4.98 Å². The molecule has 0 radical (unpaired) electrons. The molecular formula is C23H21N3O2S. The monoisotopic (exact) mass is 403 g/mol. The number of aromatic nitrogens is 2. The molecule has 4 aromatic rings. The first-order valence-electron chi connectivity index (χ1n) is 9.35. The third kappa shape index (κ3) is 3.71. The number of amides is 1. The van der Waals surface area contributed by atoms with Gasteiger partial charge in [0.1, 0.15) is 4.83 Å². The Hall–Kier alpha value is -3.25. The van der Waals surface area contributed by atoms with Crippen molar-refractivity contribution in [1.82, 2.24) is 9.55 Å². The Morgan fingerprint density at radius 3 is 2.66 bits per heavy atom. The number of aryl methyl sites for hydroxylation is 3. The smallest absolute Gasteiger partial charge is 0.266 e. The first-order chi connectivity index (χ1) is 13.9. The topological polar surface area (TPSA) is 64.0 Å². The highest BCUT2D eigenvalue weighted by Gasteiger charge is 2.20. The van der Waals surface area contributed by atoms with E-state index in [4.69, 9.17) is 0 Å². The van der Waals surface area contributed by atoms with E-state index in [1.807, 2.05) is 63.2 Å². The summed E-state index contributed by atoms with van der Waals surface area (Å²) in [5.74, 6) is -0.218. The van der Waals surface area contributed by atoms with Crippen LogP contribution in [0.3, 0.4) is 0 Å². The molecule has 6 heteroatoms. The van der Waals surface area contributed by atoms with Gasteiger partial charge in [0, 0.05) is 5.69 Å². The van der Waals surface area contributed by atoms with E-state index in [9.17, 15) is 9.59 Å². The summed E-state index contributed by atoms with van der Waals surface area (Å²) in [6.45, 7) is 6.23. The number of fused-ring (bicyclic) bond motifs is 1. The molecule has 1 amide bonds. The number of rotatable bonds is 4. The maximum atomic E-state index is 13.1. The third-order valence-electron chi connectivity index (χ3n) is 4.95. The molecule has 2 heterocycles. The lowest BCUT2D eigenvalue weighted by Crippen LogP contribution is -2.21. The Morgan fingerprint density at radius 1 is 1.10 bits per heavy atom. The molecule has 1 N–H and O–H groups in total. The second kappa shape index (κ2) is 7.64. The van der Waals surface area contributed by atoms with Crippen LogP contribution < -0.4 is 10.9 Å². The van der Waals surface area contributed by atoms with Crippen LogP contribution in [0.5, 0.6) is 0 Å². The van der Waals surface area contributed by atoms with E-state index < -0.39 is 0 Å². The Balaban J connectivity index is 1.70. The summed E-state index contributed by atoms with van der Waals surface area (Å²) in [6, 6.07) is 15.7. The number of nitrogens with zero attached hydrogens (tertiary/aromatic N) is 2. The van der Waals surface area contributed by atoms with Crippen molar-refractivity contribution in [2.24, 2.45) is 0 Å². The second-order valence-corrected chi connectivity index (χ2v) is 8.17. The zero-order valence-corrected chi connectivity index (χ0v) is 17.3. The number of para-hydroxylation sites is 1. The van der Waals surface area contributed by atoms with Crippen molar-refractivity contribution >= 4 is 33.1 Å². The molecule has 0 aliphatic heterocycles. The molecule has 0 saturated carbocycles. The number of anilines is 1. The molecule has 0 unspecified atom stereocenters. The molecule has 29 heavy (non-hydrogen) atoms. The molecule has 2 aromatic heterocycles. The van der Waals surface area contributed by atoms with Gasteiger partial charge in [-0.3, -0.25) is 14.2 Å². The lowest BCUT2D eigenvalue weighted by molar-refractivity contribution is 0.103. The summed E-state index contributed by atoms with van der Waals surface area (Å²) in [5.41, 5.74) is 4.48. The van der Waals surface area contributed by atoms with Crippen LogP contribution in [-0.2, 0) is 6.54 Å². The van der Waals surface area contributed by atoms with Crippen LogP contribution >= 0.6 is 11.3 Å². The van der Waals surface area contributed by atoms with Crippen LogP contribution in [0.1, 0.15) is 31.9 Å². The number of hydrogen-bond donors (Lipinski definition) is 1. The maximum absolute atomic E-state index is 13.1. The van der Waals surface area contributed by atoms with E-state index in [0.29, 0.717) is 27.2 Å². The summed E-state index contributed by atoms with van der Waals surface area (Å²) in [4.78, 5) is 31.5. The zero-order chi connectivity index (χ0) is 20.5. The quantitative estimate of drug-likeness (QED) is 0.538. The fourth-order valence-electron chi connectivity index (χ4n) is 3.39. The Labute approximate surface area is 172 Å². The minimum absolute atomic E-state index is 0.125. The van der Waals surface area contributed by atoms with Crippen molar-refractivity contribution in [3.05, 3.63) is 92.3 Å². The summed E-state index contributed by atoms with van der Waals surface area (Å²) in [6.07, 6.45) is 1.56. The molecular weight excluding hydrogens is 382 g/mol. The number of nitrogens with one attached hydrogen (secondary N) is 1. The van der Waals surface area contributed by atoms with Gasteiger partial charge in [0.25, 0.3) is 11.5 Å². The van der Waals surface area contributed by atoms with E-state index in [2.05, 4.69) is 16.4 Å². The molecule has 0 saturated heterocycles. The summed E-state index contributed by atoms with van der Waals surface area (Å²) in [7, 11) is 0. The highest BCUT2D eigenvalue weighted by atomic mass is 32.1. The largest absolute Gasteiger partial charge is 0.321 e. The first kappa shape index (κ1) is 19.1. The summed E-state index contributed by atoms with van der Waals surface area (Å²) < 4.78 is 1.60. The van der Waals surface area contributed by atoms with Crippen LogP contribution in [0, 0.1) is 20.8 Å². The molecule has 0 bridgehead atoms. The van der Waals surface area contributed by atoms with Gasteiger partial charge >= 0.3 is 0 Å². The summed E-state index contributed by atoms with van der Waals surface area (Å²) >= 11 is 1.25. The van der Waals surface area contributed by atoms with E-state index in [-0.39, 0.29) is 11.5 Å². The van der Waals surface area contributed by atoms with Gasteiger partial charge in [0.2, 0.25) is 0 Å². The Kier molecular flexibility index (Phi) is 5.03. The molecule has 0 atom stereocenters. The van der Waals surface area contributed by atoms with Crippen LogP contribution in [0.25, 0.3) is 10.2 Å². The highest BCUT2D eigenvalue weighted by molar-refractivity contribution is 7.20. The fraction of sp³-hybridized carbons (Fsp3) is 0.174. The van der Waals surface area contributed by atoms with Gasteiger partial charge in [-0.2, -0.15) is 0 Å². The Bertz CT molecular complexity index is 1290. The first-order valence-corrected chi connectivity index (χ1v) is 10.2. The SMILES string of the molecule is Cc1cccc(Cn2cnc3sc(C(=O)Nc4ccccc4C)c(C)c3c2=O)c1. The number of hydrogen-bond acceptors (Lipinski definition) is 4.